The van der Waals surface area contributed by atoms with Crippen molar-refractivity contribution < 1.29 is 52.6 Å². The summed E-state index contributed by atoms with van der Waals surface area (Å²) in [7, 11) is -4.73. The minimum absolute atomic E-state index is 0.116. The van der Waals surface area contributed by atoms with E-state index in [1.54, 1.807) is 6.08 Å². The molecule has 0 aromatic heterocycles. The third kappa shape index (κ3) is 37.0. The lowest BCUT2D eigenvalue weighted by molar-refractivity contribution is -0.161. The Morgan fingerprint density at radius 3 is 1.71 bits per heavy atom. The van der Waals surface area contributed by atoms with Crippen LogP contribution in [0.1, 0.15) is 174 Å². The molecule has 0 aromatic carbocycles. The van der Waals surface area contributed by atoms with Gasteiger partial charge in [-0.05, 0) is 38.5 Å². The van der Waals surface area contributed by atoms with Gasteiger partial charge in [-0.2, -0.15) is 0 Å². The number of aliphatic hydroxyl groups is 1. The summed E-state index contributed by atoms with van der Waals surface area (Å²) in [5.74, 6) is -2.44. The summed E-state index contributed by atoms with van der Waals surface area (Å²) in [6.45, 7) is 2.56. The summed E-state index contributed by atoms with van der Waals surface area (Å²) >= 11 is 0. The second-order valence-corrected chi connectivity index (χ2v) is 15.8. The van der Waals surface area contributed by atoms with Crippen molar-refractivity contribution in [2.24, 2.45) is 5.73 Å². The molecular formula is C42H76NO11P. The fraction of sp³-hybridized carbons (Fsp3) is 0.786. The smallest absolute Gasteiger partial charge is 0.472 e. The van der Waals surface area contributed by atoms with Crippen LogP contribution in [0.3, 0.4) is 0 Å². The lowest BCUT2D eigenvalue weighted by Gasteiger charge is -2.20. The highest BCUT2D eigenvalue weighted by Crippen LogP contribution is 2.43. The van der Waals surface area contributed by atoms with Crippen LogP contribution in [0.5, 0.6) is 0 Å². The molecule has 0 radical (unpaired) electrons. The summed E-state index contributed by atoms with van der Waals surface area (Å²) in [6, 6.07) is -1.53. The van der Waals surface area contributed by atoms with Gasteiger partial charge in [0.2, 0.25) is 0 Å². The SMILES string of the molecule is CC/C=C/CC(O)/C=C/C=C/CCCCCCCC(=O)OC(COC(=O)CCCCCCCCCCCCCCCCC)COP(=O)(O)OCC(N)C(=O)O. The molecule has 0 rings (SSSR count). The molecule has 0 bridgehead atoms. The maximum atomic E-state index is 12.6. The number of phosphoric acid groups is 1. The van der Waals surface area contributed by atoms with Gasteiger partial charge in [0.05, 0.1) is 19.3 Å². The molecule has 5 N–H and O–H groups in total. The molecule has 0 spiro atoms. The van der Waals surface area contributed by atoms with Crippen molar-refractivity contribution in [3.8, 4) is 0 Å². The fourth-order valence-electron chi connectivity index (χ4n) is 5.63. The first kappa shape index (κ1) is 52.7. The van der Waals surface area contributed by atoms with E-state index < -0.39 is 57.2 Å². The van der Waals surface area contributed by atoms with Crippen LogP contribution in [0.2, 0.25) is 0 Å². The number of carbonyl (C=O) groups is 3. The molecule has 13 heteroatoms. The number of allylic oxidation sites excluding steroid dienone is 4. The summed E-state index contributed by atoms with van der Waals surface area (Å²) < 4.78 is 32.6. The summed E-state index contributed by atoms with van der Waals surface area (Å²) in [4.78, 5) is 45.9. The molecule has 0 heterocycles. The number of hydrogen-bond donors (Lipinski definition) is 4. The second kappa shape index (κ2) is 37.2. The number of phosphoric ester groups is 1. The van der Waals surface area contributed by atoms with Crippen LogP contribution in [-0.2, 0) is 37.5 Å². The van der Waals surface area contributed by atoms with E-state index in [0.717, 1.165) is 57.8 Å². The molecular weight excluding hydrogens is 725 g/mol. The van der Waals surface area contributed by atoms with Crippen LogP contribution in [0.4, 0.5) is 0 Å². The fourth-order valence-corrected chi connectivity index (χ4v) is 6.41. The van der Waals surface area contributed by atoms with E-state index >= 15 is 0 Å². The summed E-state index contributed by atoms with van der Waals surface area (Å²) in [6.07, 6.45) is 35.4. The molecule has 4 unspecified atom stereocenters. The molecule has 55 heavy (non-hydrogen) atoms. The molecule has 0 aliphatic heterocycles. The van der Waals surface area contributed by atoms with Gasteiger partial charge in [0.25, 0.3) is 0 Å². The van der Waals surface area contributed by atoms with Gasteiger partial charge in [0.1, 0.15) is 12.6 Å². The number of unbranched alkanes of at least 4 members (excludes halogenated alkanes) is 19. The number of aliphatic hydroxyl groups excluding tert-OH is 1. The van der Waals surface area contributed by atoms with Crippen LogP contribution in [-0.4, -0.2) is 71.1 Å². The van der Waals surface area contributed by atoms with E-state index in [-0.39, 0.29) is 19.4 Å². The van der Waals surface area contributed by atoms with Crippen LogP contribution < -0.4 is 5.73 Å². The van der Waals surface area contributed by atoms with E-state index in [9.17, 15) is 28.9 Å². The van der Waals surface area contributed by atoms with E-state index in [0.29, 0.717) is 19.3 Å². The molecule has 320 valence electrons. The number of rotatable bonds is 39. The minimum Gasteiger partial charge on any atom is -0.480 e. The first-order valence-electron chi connectivity index (χ1n) is 21.1. The number of aliphatic carboxylic acids is 1. The van der Waals surface area contributed by atoms with E-state index in [4.69, 9.17) is 24.8 Å². The number of nitrogens with two attached hydrogens (primary N) is 1. The van der Waals surface area contributed by atoms with Crippen molar-refractivity contribution in [2.75, 3.05) is 19.8 Å². The molecule has 4 atom stereocenters. The van der Waals surface area contributed by atoms with Gasteiger partial charge in [-0.15, -0.1) is 0 Å². The first-order chi connectivity index (χ1) is 26.5. The Bertz CT molecular complexity index is 1100. The largest absolute Gasteiger partial charge is 0.480 e. The highest BCUT2D eigenvalue weighted by Gasteiger charge is 2.28. The molecule has 0 saturated carbocycles. The zero-order valence-corrected chi connectivity index (χ0v) is 35.0. The van der Waals surface area contributed by atoms with Crippen molar-refractivity contribution in [3.05, 3.63) is 36.5 Å². The number of esters is 2. The zero-order chi connectivity index (χ0) is 40.8. The summed E-state index contributed by atoms with van der Waals surface area (Å²) in [5.41, 5.74) is 5.32. The number of hydrogen-bond acceptors (Lipinski definition) is 10. The molecule has 0 fully saturated rings. The molecule has 0 aliphatic carbocycles. The lowest BCUT2D eigenvalue weighted by Crippen LogP contribution is -2.34. The Morgan fingerprint density at radius 2 is 1.16 bits per heavy atom. The Labute approximate surface area is 332 Å². The molecule has 0 aromatic rings. The van der Waals surface area contributed by atoms with Crippen LogP contribution >= 0.6 is 7.82 Å². The normalized spacial score (nSPS) is 14.7. The van der Waals surface area contributed by atoms with Crippen molar-refractivity contribution in [2.45, 2.75) is 193 Å². The Morgan fingerprint density at radius 1 is 0.655 bits per heavy atom. The van der Waals surface area contributed by atoms with E-state index in [1.807, 2.05) is 24.3 Å². The van der Waals surface area contributed by atoms with E-state index in [2.05, 4.69) is 24.4 Å². The van der Waals surface area contributed by atoms with Crippen molar-refractivity contribution in [1.29, 1.82) is 0 Å². The van der Waals surface area contributed by atoms with Gasteiger partial charge in [0.15, 0.2) is 6.10 Å². The monoisotopic (exact) mass is 802 g/mol. The predicted molar refractivity (Wildman–Crippen MR) is 218 cm³/mol. The minimum atomic E-state index is -4.73. The van der Waals surface area contributed by atoms with Gasteiger partial charge in [-0.1, -0.05) is 159 Å². The van der Waals surface area contributed by atoms with Crippen molar-refractivity contribution >= 4 is 25.7 Å². The highest BCUT2D eigenvalue weighted by atomic mass is 31.2. The van der Waals surface area contributed by atoms with Crippen LogP contribution in [0.25, 0.3) is 0 Å². The topological polar surface area (TPSA) is 192 Å². The third-order valence-electron chi connectivity index (χ3n) is 8.98. The van der Waals surface area contributed by atoms with Gasteiger partial charge in [-0.25, -0.2) is 4.57 Å². The number of ether oxygens (including phenoxy) is 2. The molecule has 0 saturated heterocycles. The molecule has 12 nitrogen and oxygen atoms in total. The lowest BCUT2D eigenvalue weighted by atomic mass is 10.0. The number of carboxylic acids is 1. The third-order valence-corrected chi connectivity index (χ3v) is 9.93. The van der Waals surface area contributed by atoms with E-state index in [1.165, 1.54) is 70.6 Å². The Balaban J connectivity index is 4.44. The highest BCUT2D eigenvalue weighted by molar-refractivity contribution is 7.47. The van der Waals surface area contributed by atoms with Crippen molar-refractivity contribution in [3.63, 3.8) is 0 Å². The molecule has 0 amide bonds. The first-order valence-corrected chi connectivity index (χ1v) is 22.6. The average Bonchev–Trinajstić information content (AvgIpc) is 3.15. The van der Waals surface area contributed by atoms with Gasteiger partial charge < -0.3 is 30.3 Å². The van der Waals surface area contributed by atoms with Crippen LogP contribution in [0, 0.1) is 0 Å². The van der Waals surface area contributed by atoms with Gasteiger partial charge in [-0.3, -0.25) is 23.4 Å². The number of carboxylic acid groups (broad SMARTS) is 1. The van der Waals surface area contributed by atoms with Crippen LogP contribution in [0.15, 0.2) is 36.5 Å². The maximum Gasteiger partial charge on any atom is 0.472 e. The average molecular weight is 802 g/mol. The number of carbonyl (C=O) groups excluding carboxylic acids is 2. The molecule has 0 aliphatic rings. The van der Waals surface area contributed by atoms with Crippen molar-refractivity contribution in [1.82, 2.24) is 0 Å². The quantitative estimate of drug-likeness (QED) is 0.0151. The zero-order valence-electron chi connectivity index (χ0n) is 34.1. The standard InChI is InChI=1S/C42H76NO11P/c1-3-5-7-8-9-10-11-12-13-14-15-18-21-24-28-32-40(45)51-34-38(35-52-55(49,50)53-36-39(43)42(47)48)54-41(46)33-29-25-22-19-16-17-20-23-27-31-37(44)30-26-6-4-2/h6,20,23,26-27,31,37-39,44H,3-5,7-19,21-22,24-25,28-30,32-36,43H2,1-2H3,(H,47,48)(H,49,50)/b23-20+,26-6+,31-27+. The van der Waals surface area contributed by atoms with Gasteiger partial charge in [0, 0.05) is 12.8 Å². The van der Waals surface area contributed by atoms with Gasteiger partial charge >= 0.3 is 25.7 Å². The predicted octanol–water partition coefficient (Wildman–Crippen LogP) is 9.81. The Kier molecular flexibility index (Phi) is 35.7. The Hall–Kier alpha value is -2.34. The maximum absolute atomic E-state index is 12.6. The second-order valence-electron chi connectivity index (χ2n) is 14.3. The summed E-state index contributed by atoms with van der Waals surface area (Å²) in [5, 5.41) is 18.7.